The number of carbonyl (C=O) groups is 3. The zero-order chi connectivity index (χ0) is 19.2. The second-order valence-corrected chi connectivity index (χ2v) is 5.41. The van der Waals surface area contributed by atoms with Crippen molar-refractivity contribution in [2.75, 3.05) is 13.2 Å². The largest absolute Gasteiger partial charge is 0.463 e. The van der Waals surface area contributed by atoms with Crippen molar-refractivity contribution in [3.05, 3.63) is 47.7 Å². The molecule has 2 N–H and O–H groups in total. The Labute approximate surface area is 151 Å². The van der Waals surface area contributed by atoms with Gasteiger partial charge in [-0.25, -0.2) is 15.0 Å². The van der Waals surface area contributed by atoms with Crippen LogP contribution in [0.25, 0.3) is 0 Å². The van der Waals surface area contributed by atoms with Crippen molar-refractivity contribution in [3.8, 4) is 0 Å². The average molecular weight is 359 g/mol. The van der Waals surface area contributed by atoms with Gasteiger partial charge in [0.15, 0.2) is 5.54 Å². The quantitative estimate of drug-likeness (QED) is 0.555. The summed E-state index contributed by atoms with van der Waals surface area (Å²) in [6, 6.07) is 8.78. The van der Waals surface area contributed by atoms with Crippen LogP contribution in [0.15, 0.2) is 47.2 Å². The van der Waals surface area contributed by atoms with Crippen LogP contribution >= 0.6 is 0 Å². The van der Waals surface area contributed by atoms with E-state index >= 15 is 0 Å². The summed E-state index contributed by atoms with van der Waals surface area (Å²) in [7, 11) is 0. The molecule has 1 amide bonds. The molecule has 0 saturated carbocycles. The van der Waals surface area contributed by atoms with E-state index in [2.05, 4.69) is 15.8 Å². The molecule has 1 aliphatic heterocycles. The molecule has 1 unspecified atom stereocenters. The van der Waals surface area contributed by atoms with Crippen LogP contribution in [0.5, 0.6) is 0 Å². The summed E-state index contributed by atoms with van der Waals surface area (Å²) in [5.41, 5.74) is 1.73. The first-order valence-corrected chi connectivity index (χ1v) is 8.20. The van der Waals surface area contributed by atoms with Gasteiger partial charge in [-0.3, -0.25) is 4.79 Å². The predicted molar refractivity (Wildman–Crippen MR) is 93.9 cm³/mol. The number of amides is 1. The normalized spacial score (nSPS) is 19.4. The van der Waals surface area contributed by atoms with Gasteiger partial charge in [0, 0.05) is 0 Å². The van der Waals surface area contributed by atoms with Crippen LogP contribution in [-0.2, 0) is 29.4 Å². The molecule has 1 heterocycles. The van der Waals surface area contributed by atoms with E-state index in [1.54, 1.807) is 51.1 Å². The van der Waals surface area contributed by atoms with Crippen LogP contribution in [0.1, 0.15) is 26.3 Å². The number of esters is 2. The zero-order valence-corrected chi connectivity index (χ0v) is 14.9. The monoisotopic (exact) mass is 359 g/mol. The van der Waals surface area contributed by atoms with Crippen LogP contribution in [0.4, 0.5) is 0 Å². The van der Waals surface area contributed by atoms with Gasteiger partial charge < -0.3 is 14.8 Å². The van der Waals surface area contributed by atoms with E-state index in [4.69, 9.17) is 9.47 Å². The molecule has 0 aromatic heterocycles. The van der Waals surface area contributed by atoms with Gasteiger partial charge in [0.05, 0.1) is 25.0 Å². The van der Waals surface area contributed by atoms with E-state index in [0.29, 0.717) is 11.3 Å². The third-order valence-corrected chi connectivity index (χ3v) is 3.78. The minimum absolute atomic E-state index is 0.109. The highest BCUT2D eigenvalue weighted by Crippen LogP contribution is 2.28. The summed E-state index contributed by atoms with van der Waals surface area (Å²) in [6.45, 7) is 5.19. The van der Waals surface area contributed by atoms with Gasteiger partial charge in [-0.05, 0) is 26.3 Å². The smallest absolute Gasteiger partial charge is 0.354 e. The molecule has 2 rings (SSSR count). The first kappa shape index (κ1) is 19.2. The second-order valence-electron chi connectivity index (χ2n) is 5.41. The van der Waals surface area contributed by atoms with Gasteiger partial charge >= 0.3 is 11.9 Å². The van der Waals surface area contributed by atoms with Gasteiger partial charge in [-0.15, -0.1) is 0 Å². The van der Waals surface area contributed by atoms with Crippen molar-refractivity contribution in [1.82, 2.24) is 10.7 Å². The van der Waals surface area contributed by atoms with Gasteiger partial charge in [0.1, 0.15) is 5.70 Å². The molecule has 8 nitrogen and oxygen atoms in total. The van der Waals surface area contributed by atoms with Crippen molar-refractivity contribution in [2.24, 2.45) is 5.10 Å². The Kier molecular flexibility index (Phi) is 6.11. The number of benzene rings is 1. The Morgan fingerprint density at radius 1 is 1.19 bits per heavy atom. The first-order valence-electron chi connectivity index (χ1n) is 8.20. The lowest BCUT2D eigenvalue weighted by Crippen LogP contribution is -2.54. The summed E-state index contributed by atoms with van der Waals surface area (Å²) in [4.78, 5) is 36.8. The molecule has 1 atom stereocenters. The molecule has 0 saturated heterocycles. The van der Waals surface area contributed by atoms with Crippen LogP contribution in [-0.4, -0.2) is 36.8 Å². The lowest BCUT2D eigenvalue weighted by molar-refractivity contribution is -0.141. The Hall–Kier alpha value is -3.16. The molecule has 8 heteroatoms. The van der Waals surface area contributed by atoms with E-state index in [-0.39, 0.29) is 18.9 Å². The van der Waals surface area contributed by atoms with Crippen molar-refractivity contribution >= 4 is 23.6 Å². The number of carbonyl (C=O) groups excluding carboxylic acids is 3. The van der Waals surface area contributed by atoms with Crippen LogP contribution in [0.2, 0.25) is 0 Å². The van der Waals surface area contributed by atoms with Crippen molar-refractivity contribution < 1.29 is 23.9 Å². The lowest BCUT2D eigenvalue weighted by Gasteiger charge is -2.30. The topological polar surface area (TPSA) is 106 Å². The molecule has 0 spiro atoms. The van der Waals surface area contributed by atoms with E-state index < -0.39 is 23.4 Å². The molecule has 1 aromatic rings. The standard InChI is InChI=1S/C18H21N3O5/c1-4-25-15(22)11-14(16(23)26-5-2)19-18(12(3)20-21-17(18)24)13-9-7-6-8-10-13/h6-11,19H,4-5H2,1-3H3,(H,21,24)/b14-11+. The fourth-order valence-corrected chi connectivity index (χ4v) is 2.57. The zero-order valence-electron chi connectivity index (χ0n) is 14.9. The number of nitrogens with zero attached hydrogens (tertiary/aromatic N) is 1. The molecule has 26 heavy (non-hydrogen) atoms. The highest BCUT2D eigenvalue weighted by molar-refractivity contribution is 6.17. The molecular weight excluding hydrogens is 338 g/mol. The number of nitrogens with one attached hydrogen (secondary N) is 2. The summed E-state index contributed by atoms with van der Waals surface area (Å²) in [6.07, 6.45) is 0.977. The summed E-state index contributed by atoms with van der Waals surface area (Å²) < 4.78 is 9.86. The van der Waals surface area contributed by atoms with Crippen LogP contribution in [0.3, 0.4) is 0 Å². The minimum Gasteiger partial charge on any atom is -0.463 e. The van der Waals surface area contributed by atoms with E-state index in [1.165, 1.54) is 0 Å². The maximum atomic E-state index is 12.7. The van der Waals surface area contributed by atoms with Gasteiger partial charge in [0.2, 0.25) is 0 Å². The number of ether oxygens (including phenoxy) is 2. The summed E-state index contributed by atoms with van der Waals surface area (Å²) >= 11 is 0. The van der Waals surface area contributed by atoms with E-state index in [1.807, 2.05) is 0 Å². The SMILES string of the molecule is CCOC(=O)/C=C(/NC1(c2ccccc2)C(=O)NN=C1C)C(=O)OCC. The minimum atomic E-state index is -1.44. The fraction of sp³-hybridized carbons (Fsp3) is 0.333. The summed E-state index contributed by atoms with van der Waals surface area (Å²) in [5.74, 6) is -1.97. The molecule has 0 radical (unpaired) electrons. The Balaban J connectivity index is 2.50. The highest BCUT2D eigenvalue weighted by Gasteiger charge is 2.48. The average Bonchev–Trinajstić information content (AvgIpc) is 2.91. The lowest BCUT2D eigenvalue weighted by atomic mass is 9.85. The Morgan fingerprint density at radius 2 is 1.85 bits per heavy atom. The number of hydrogen-bond donors (Lipinski definition) is 2. The predicted octanol–water partition coefficient (Wildman–Crippen LogP) is 0.987. The molecule has 0 bridgehead atoms. The van der Waals surface area contributed by atoms with Crippen molar-refractivity contribution in [1.29, 1.82) is 0 Å². The molecule has 0 fully saturated rings. The van der Waals surface area contributed by atoms with Crippen LogP contribution in [0, 0.1) is 0 Å². The van der Waals surface area contributed by atoms with E-state index in [9.17, 15) is 14.4 Å². The van der Waals surface area contributed by atoms with Gasteiger partial charge in [-0.2, -0.15) is 5.10 Å². The highest BCUT2D eigenvalue weighted by atomic mass is 16.5. The van der Waals surface area contributed by atoms with Gasteiger partial charge in [-0.1, -0.05) is 30.3 Å². The summed E-state index contributed by atoms with van der Waals surface area (Å²) in [5, 5.41) is 6.84. The molecular formula is C18H21N3O5. The Bertz CT molecular complexity index is 757. The molecule has 1 aromatic carbocycles. The van der Waals surface area contributed by atoms with Crippen molar-refractivity contribution in [3.63, 3.8) is 0 Å². The fourth-order valence-electron chi connectivity index (χ4n) is 2.57. The van der Waals surface area contributed by atoms with Gasteiger partial charge in [0.25, 0.3) is 5.91 Å². The number of rotatable bonds is 7. The third kappa shape index (κ3) is 3.74. The number of hydrogen-bond acceptors (Lipinski definition) is 7. The number of hydrazone groups is 1. The molecule has 138 valence electrons. The second kappa shape index (κ2) is 8.28. The molecule has 1 aliphatic rings. The molecule has 0 aliphatic carbocycles. The van der Waals surface area contributed by atoms with Crippen molar-refractivity contribution in [2.45, 2.75) is 26.3 Å². The third-order valence-electron chi connectivity index (χ3n) is 3.78. The Morgan fingerprint density at radius 3 is 2.38 bits per heavy atom. The first-order chi connectivity index (χ1) is 12.5. The van der Waals surface area contributed by atoms with E-state index in [0.717, 1.165) is 6.08 Å². The maximum Gasteiger partial charge on any atom is 0.354 e. The van der Waals surface area contributed by atoms with Crippen LogP contribution < -0.4 is 10.7 Å². The maximum absolute atomic E-state index is 12.7.